The number of aliphatic imine (C=N–C) groups is 1. The van der Waals surface area contributed by atoms with Crippen molar-refractivity contribution in [2.24, 2.45) is 4.99 Å². The van der Waals surface area contributed by atoms with Crippen LogP contribution in [0.5, 0.6) is 0 Å². The predicted molar refractivity (Wildman–Crippen MR) is 104 cm³/mol. The van der Waals surface area contributed by atoms with E-state index in [0.717, 1.165) is 36.4 Å². The van der Waals surface area contributed by atoms with Crippen LogP contribution in [0.1, 0.15) is 37.0 Å². The molecule has 2 rings (SSSR count). The molecule has 25 heavy (non-hydrogen) atoms. The van der Waals surface area contributed by atoms with Gasteiger partial charge < -0.3 is 20.7 Å². The fourth-order valence-corrected chi connectivity index (χ4v) is 3.04. The van der Waals surface area contributed by atoms with E-state index in [4.69, 9.17) is 4.74 Å². The molecule has 7 heteroatoms. The number of hydrogen-bond donors (Lipinski definition) is 3. The Morgan fingerprint density at radius 1 is 1.32 bits per heavy atom. The second-order valence-electron chi connectivity index (χ2n) is 6.29. The normalized spacial score (nSPS) is 20.4. The molecule has 1 unspecified atom stereocenters. The summed E-state index contributed by atoms with van der Waals surface area (Å²) in [6.45, 7) is 7.48. The monoisotopic (exact) mass is 410 g/mol. The molecule has 3 N–H and O–H groups in total. The Balaban J connectivity index is 1.76. The lowest BCUT2D eigenvalue weighted by Gasteiger charge is -2.21. The average Bonchev–Trinajstić information content (AvgIpc) is 3.03. The summed E-state index contributed by atoms with van der Waals surface area (Å²) < 4.78 is 6.65. The number of guanidine groups is 1. The highest BCUT2D eigenvalue weighted by atomic mass is 79.9. The maximum absolute atomic E-state index is 12.1. The summed E-state index contributed by atoms with van der Waals surface area (Å²) in [6.07, 6.45) is 2.14. The van der Waals surface area contributed by atoms with Crippen LogP contribution in [-0.2, 0) is 4.74 Å². The number of nitrogens with one attached hydrogen (secondary N) is 3. The minimum atomic E-state index is -0.155. The van der Waals surface area contributed by atoms with Crippen LogP contribution in [0, 0.1) is 0 Å². The quantitative estimate of drug-likeness (QED) is 0.366. The smallest absolute Gasteiger partial charge is 0.251 e. The molecule has 0 radical (unpaired) electrons. The zero-order valence-electron chi connectivity index (χ0n) is 14.9. The van der Waals surface area contributed by atoms with Gasteiger partial charge in [-0.15, -0.1) is 0 Å². The second kappa shape index (κ2) is 9.77. The van der Waals surface area contributed by atoms with Crippen LogP contribution >= 0.6 is 15.9 Å². The Morgan fingerprint density at radius 3 is 2.80 bits per heavy atom. The summed E-state index contributed by atoms with van der Waals surface area (Å²) in [6, 6.07) is 7.34. The molecule has 1 amide bonds. The third-order valence-electron chi connectivity index (χ3n) is 4.01. The molecule has 1 aromatic carbocycles. The number of benzene rings is 1. The van der Waals surface area contributed by atoms with Crippen LogP contribution in [0.25, 0.3) is 0 Å². The Kier molecular flexibility index (Phi) is 7.71. The lowest BCUT2D eigenvalue weighted by Crippen LogP contribution is -2.42. The summed E-state index contributed by atoms with van der Waals surface area (Å²) in [4.78, 5) is 16.7. The standard InChI is InChI=1S/C18H27BrN4O2/c1-3-20-17(23-13-18(2)8-5-11-25-18)22-10-9-21-16(24)14-6-4-7-15(19)12-14/h4,6-7,12H,3,5,8-11,13H2,1-2H3,(H,21,24)(H2,20,22,23). The van der Waals surface area contributed by atoms with Gasteiger partial charge in [0.25, 0.3) is 5.91 Å². The minimum absolute atomic E-state index is 0.0862. The van der Waals surface area contributed by atoms with Crippen molar-refractivity contribution in [3.63, 3.8) is 0 Å². The lowest BCUT2D eigenvalue weighted by atomic mass is 10.0. The van der Waals surface area contributed by atoms with Crippen LogP contribution in [0.2, 0.25) is 0 Å². The number of ether oxygens (including phenoxy) is 1. The number of carbonyl (C=O) groups excluding carboxylic acids is 1. The molecule has 1 heterocycles. The zero-order chi connectivity index (χ0) is 18.1. The predicted octanol–water partition coefficient (Wildman–Crippen LogP) is 2.30. The lowest BCUT2D eigenvalue weighted by molar-refractivity contribution is 0.0283. The van der Waals surface area contributed by atoms with Crippen LogP contribution in [0.3, 0.4) is 0 Å². The Morgan fingerprint density at radius 2 is 2.12 bits per heavy atom. The van der Waals surface area contributed by atoms with E-state index in [1.54, 1.807) is 12.1 Å². The summed E-state index contributed by atoms with van der Waals surface area (Å²) in [5.41, 5.74) is 0.485. The van der Waals surface area contributed by atoms with Gasteiger partial charge in [0.2, 0.25) is 0 Å². The summed E-state index contributed by atoms with van der Waals surface area (Å²) in [5.74, 6) is 0.660. The van der Waals surface area contributed by atoms with Gasteiger partial charge in [0.1, 0.15) is 0 Å². The highest BCUT2D eigenvalue weighted by Gasteiger charge is 2.29. The Bertz CT molecular complexity index is 600. The number of nitrogens with zero attached hydrogens (tertiary/aromatic N) is 1. The summed E-state index contributed by atoms with van der Waals surface area (Å²) in [5, 5.41) is 9.35. The first-order chi connectivity index (χ1) is 12.0. The fraction of sp³-hybridized carbons (Fsp3) is 0.556. The largest absolute Gasteiger partial charge is 0.373 e. The highest BCUT2D eigenvalue weighted by Crippen LogP contribution is 2.24. The van der Waals surface area contributed by atoms with Gasteiger partial charge in [-0.1, -0.05) is 22.0 Å². The number of amides is 1. The van der Waals surface area contributed by atoms with E-state index in [1.165, 1.54) is 0 Å². The van der Waals surface area contributed by atoms with E-state index in [1.807, 2.05) is 19.1 Å². The minimum Gasteiger partial charge on any atom is -0.373 e. The molecule has 0 spiro atoms. The molecule has 0 aromatic heterocycles. The van der Waals surface area contributed by atoms with E-state index in [9.17, 15) is 4.79 Å². The van der Waals surface area contributed by atoms with Crippen molar-refractivity contribution in [2.75, 3.05) is 32.8 Å². The molecule has 1 aliphatic rings. The molecule has 0 saturated carbocycles. The molecule has 0 aliphatic carbocycles. The zero-order valence-corrected chi connectivity index (χ0v) is 16.5. The maximum atomic E-state index is 12.1. The highest BCUT2D eigenvalue weighted by molar-refractivity contribution is 9.10. The van der Waals surface area contributed by atoms with Gasteiger partial charge in [0.15, 0.2) is 5.96 Å². The van der Waals surface area contributed by atoms with Gasteiger partial charge in [0.05, 0.1) is 12.1 Å². The van der Waals surface area contributed by atoms with Gasteiger partial charge in [-0.2, -0.15) is 0 Å². The van der Waals surface area contributed by atoms with Gasteiger partial charge in [-0.3, -0.25) is 9.79 Å². The second-order valence-corrected chi connectivity index (χ2v) is 7.21. The topological polar surface area (TPSA) is 74.8 Å². The Labute approximate surface area is 157 Å². The molecule has 1 saturated heterocycles. The average molecular weight is 411 g/mol. The SMILES string of the molecule is CCNC(=NCC1(C)CCCO1)NCCNC(=O)c1cccc(Br)c1. The van der Waals surface area contributed by atoms with E-state index in [-0.39, 0.29) is 11.5 Å². The van der Waals surface area contributed by atoms with Crippen molar-refractivity contribution >= 4 is 27.8 Å². The first-order valence-electron chi connectivity index (χ1n) is 8.72. The van der Waals surface area contributed by atoms with Crippen molar-refractivity contribution in [1.29, 1.82) is 0 Å². The molecular formula is C18H27BrN4O2. The van der Waals surface area contributed by atoms with Crippen molar-refractivity contribution < 1.29 is 9.53 Å². The van der Waals surface area contributed by atoms with Crippen LogP contribution in [0.4, 0.5) is 0 Å². The first-order valence-corrected chi connectivity index (χ1v) is 9.51. The molecular weight excluding hydrogens is 384 g/mol. The van der Waals surface area contributed by atoms with Crippen molar-refractivity contribution in [1.82, 2.24) is 16.0 Å². The molecule has 138 valence electrons. The fourth-order valence-electron chi connectivity index (χ4n) is 2.64. The number of carbonyl (C=O) groups is 1. The van der Waals surface area contributed by atoms with Crippen molar-refractivity contribution in [2.45, 2.75) is 32.3 Å². The van der Waals surface area contributed by atoms with Crippen molar-refractivity contribution in [3.8, 4) is 0 Å². The van der Waals surface area contributed by atoms with Crippen LogP contribution in [-0.4, -0.2) is 50.3 Å². The van der Waals surface area contributed by atoms with Gasteiger partial charge in [-0.25, -0.2) is 0 Å². The summed E-state index contributed by atoms with van der Waals surface area (Å²) >= 11 is 3.37. The third kappa shape index (κ3) is 6.66. The Hall–Kier alpha value is -1.60. The van der Waals surface area contributed by atoms with Gasteiger partial charge in [0, 0.05) is 36.3 Å². The maximum Gasteiger partial charge on any atom is 0.251 e. The number of halogens is 1. The molecule has 1 fully saturated rings. The van der Waals surface area contributed by atoms with E-state index in [2.05, 4.69) is 43.8 Å². The van der Waals surface area contributed by atoms with Gasteiger partial charge >= 0.3 is 0 Å². The van der Waals surface area contributed by atoms with Gasteiger partial charge in [-0.05, 0) is 44.9 Å². The molecule has 6 nitrogen and oxygen atoms in total. The molecule has 0 bridgehead atoms. The van der Waals surface area contributed by atoms with Crippen molar-refractivity contribution in [3.05, 3.63) is 34.3 Å². The van der Waals surface area contributed by atoms with Crippen LogP contribution in [0.15, 0.2) is 33.7 Å². The third-order valence-corrected chi connectivity index (χ3v) is 4.50. The number of hydrogen-bond acceptors (Lipinski definition) is 3. The van der Waals surface area contributed by atoms with E-state index < -0.39 is 0 Å². The van der Waals surface area contributed by atoms with E-state index in [0.29, 0.717) is 25.2 Å². The number of rotatable bonds is 7. The first kappa shape index (κ1) is 19.7. The van der Waals surface area contributed by atoms with Crippen LogP contribution < -0.4 is 16.0 Å². The molecule has 1 aliphatic heterocycles. The molecule has 1 atom stereocenters. The van der Waals surface area contributed by atoms with E-state index >= 15 is 0 Å². The summed E-state index contributed by atoms with van der Waals surface area (Å²) in [7, 11) is 0. The molecule has 1 aromatic rings.